The van der Waals surface area contributed by atoms with E-state index in [1.54, 1.807) is 0 Å². The summed E-state index contributed by atoms with van der Waals surface area (Å²) in [7, 11) is 0. The quantitative estimate of drug-likeness (QED) is 0.773. The fourth-order valence-electron chi connectivity index (χ4n) is 2.32. The SMILES string of the molecule is Cc1ccc2/c(c1)=C\CCC=C(n1cc(C)nn1)\C=2. The maximum absolute atomic E-state index is 4.16. The summed E-state index contributed by atoms with van der Waals surface area (Å²) < 4.78 is 1.85. The molecule has 2 aromatic rings. The Hall–Kier alpha value is -2.16. The predicted octanol–water partition coefficient (Wildman–Crippen LogP) is 1.79. The number of fused-ring (bicyclic) bond motifs is 1. The molecular weight excluding hydrogens is 234 g/mol. The molecule has 3 rings (SSSR count). The topological polar surface area (TPSA) is 30.7 Å². The minimum atomic E-state index is 0.937. The number of aryl methyl sites for hydroxylation is 2. The predicted molar refractivity (Wildman–Crippen MR) is 77.6 cm³/mol. The molecule has 19 heavy (non-hydrogen) atoms. The summed E-state index contributed by atoms with van der Waals surface area (Å²) in [6.45, 7) is 4.09. The Morgan fingerprint density at radius 1 is 1.05 bits per heavy atom. The molecule has 1 aliphatic rings. The van der Waals surface area contributed by atoms with Gasteiger partial charge in [0.05, 0.1) is 17.6 Å². The van der Waals surface area contributed by atoms with Crippen molar-refractivity contribution in [2.75, 3.05) is 0 Å². The van der Waals surface area contributed by atoms with Crippen LogP contribution in [-0.4, -0.2) is 15.0 Å². The molecule has 3 heteroatoms. The molecule has 0 amide bonds. The minimum absolute atomic E-state index is 0.937. The molecule has 1 aliphatic carbocycles. The molecular formula is C16H17N3. The fourth-order valence-corrected chi connectivity index (χ4v) is 2.32. The first kappa shape index (κ1) is 11.9. The Bertz CT molecular complexity index is 751. The van der Waals surface area contributed by atoms with Gasteiger partial charge in [-0.05, 0) is 43.2 Å². The van der Waals surface area contributed by atoms with E-state index in [4.69, 9.17) is 0 Å². The Morgan fingerprint density at radius 2 is 1.89 bits per heavy atom. The van der Waals surface area contributed by atoms with E-state index in [-0.39, 0.29) is 0 Å². The van der Waals surface area contributed by atoms with Crippen LogP contribution >= 0.6 is 0 Å². The first-order valence-electron chi connectivity index (χ1n) is 6.60. The van der Waals surface area contributed by atoms with Crippen LogP contribution in [0.25, 0.3) is 17.8 Å². The van der Waals surface area contributed by atoms with Crippen LogP contribution in [0.3, 0.4) is 0 Å². The summed E-state index contributed by atoms with van der Waals surface area (Å²) in [5, 5.41) is 10.8. The van der Waals surface area contributed by atoms with Gasteiger partial charge >= 0.3 is 0 Å². The van der Waals surface area contributed by atoms with E-state index in [0.29, 0.717) is 0 Å². The lowest BCUT2D eigenvalue weighted by Crippen LogP contribution is -2.25. The zero-order valence-electron chi connectivity index (χ0n) is 11.3. The zero-order valence-corrected chi connectivity index (χ0v) is 11.3. The number of hydrogen-bond acceptors (Lipinski definition) is 2. The molecule has 3 nitrogen and oxygen atoms in total. The minimum Gasteiger partial charge on any atom is -0.221 e. The summed E-state index contributed by atoms with van der Waals surface area (Å²) in [5.74, 6) is 0. The molecule has 0 radical (unpaired) electrons. The second kappa shape index (κ2) is 4.84. The molecule has 1 aromatic heterocycles. The monoisotopic (exact) mass is 251 g/mol. The van der Waals surface area contributed by atoms with Crippen LogP contribution in [0.1, 0.15) is 24.1 Å². The van der Waals surface area contributed by atoms with Crippen molar-refractivity contribution >= 4 is 17.8 Å². The highest BCUT2D eigenvalue weighted by atomic mass is 15.4. The number of allylic oxidation sites excluding steroid dienone is 2. The van der Waals surface area contributed by atoms with Crippen molar-refractivity contribution in [3.63, 3.8) is 0 Å². The first-order valence-corrected chi connectivity index (χ1v) is 6.60. The third-order valence-electron chi connectivity index (χ3n) is 3.30. The Morgan fingerprint density at radius 3 is 2.68 bits per heavy atom. The molecule has 0 aliphatic heterocycles. The van der Waals surface area contributed by atoms with Gasteiger partial charge in [0.1, 0.15) is 0 Å². The van der Waals surface area contributed by atoms with Gasteiger partial charge in [-0.25, -0.2) is 4.68 Å². The van der Waals surface area contributed by atoms with E-state index in [2.05, 4.69) is 53.7 Å². The Balaban J connectivity index is 2.17. The van der Waals surface area contributed by atoms with Gasteiger partial charge in [0, 0.05) is 0 Å². The van der Waals surface area contributed by atoms with E-state index < -0.39 is 0 Å². The Labute approximate surface area is 112 Å². The van der Waals surface area contributed by atoms with Gasteiger partial charge < -0.3 is 0 Å². The Kier molecular flexibility index (Phi) is 3.03. The molecule has 1 heterocycles. The maximum Gasteiger partial charge on any atom is 0.0800 e. The molecule has 0 fully saturated rings. The standard InChI is InChI=1S/C16H17N3/c1-12-7-8-15-10-16(19-11-13(2)17-18-19)6-4-3-5-14(15)9-12/h5-11H,3-4H2,1-2H3/b14-5-,15-10-,16-6?. The van der Waals surface area contributed by atoms with E-state index >= 15 is 0 Å². The van der Waals surface area contributed by atoms with E-state index in [1.165, 1.54) is 16.0 Å². The van der Waals surface area contributed by atoms with Crippen LogP contribution < -0.4 is 10.4 Å². The van der Waals surface area contributed by atoms with Gasteiger partial charge in [-0.1, -0.05) is 41.1 Å². The highest BCUT2D eigenvalue weighted by molar-refractivity contribution is 5.76. The second-order valence-corrected chi connectivity index (χ2v) is 4.99. The molecule has 0 bridgehead atoms. The molecule has 0 saturated carbocycles. The van der Waals surface area contributed by atoms with E-state index in [0.717, 1.165) is 24.2 Å². The third kappa shape index (κ3) is 2.50. The number of benzene rings is 1. The van der Waals surface area contributed by atoms with Crippen LogP contribution in [0, 0.1) is 13.8 Å². The number of hydrogen-bond donors (Lipinski definition) is 0. The van der Waals surface area contributed by atoms with Crippen LogP contribution in [0.2, 0.25) is 0 Å². The number of aromatic nitrogens is 3. The largest absolute Gasteiger partial charge is 0.221 e. The highest BCUT2D eigenvalue weighted by Gasteiger charge is 2.02. The number of rotatable bonds is 1. The molecule has 96 valence electrons. The summed E-state index contributed by atoms with van der Waals surface area (Å²) in [5.41, 5.74) is 3.33. The van der Waals surface area contributed by atoms with Gasteiger partial charge in [0.2, 0.25) is 0 Å². The van der Waals surface area contributed by atoms with Crippen molar-refractivity contribution in [2.45, 2.75) is 26.7 Å². The van der Waals surface area contributed by atoms with Crippen molar-refractivity contribution in [1.29, 1.82) is 0 Å². The van der Waals surface area contributed by atoms with Crippen molar-refractivity contribution in [3.8, 4) is 0 Å². The molecule has 1 aromatic carbocycles. The van der Waals surface area contributed by atoms with Crippen LogP contribution in [0.4, 0.5) is 0 Å². The van der Waals surface area contributed by atoms with E-state index in [1.807, 2.05) is 17.8 Å². The lowest BCUT2D eigenvalue weighted by molar-refractivity contribution is 0.821. The first-order chi connectivity index (χ1) is 9.22. The summed E-state index contributed by atoms with van der Waals surface area (Å²) >= 11 is 0. The highest BCUT2D eigenvalue weighted by Crippen LogP contribution is 2.09. The molecule has 0 atom stereocenters. The molecule has 0 N–H and O–H groups in total. The number of nitrogens with zero attached hydrogens (tertiary/aromatic N) is 3. The zero-order chi connectivity index (χ0) is 13.2. The van der Waals surface area contributed by atoms with Gasteiger partial charge in [-0.15, -0.1) is 5.10 Å². The van der Waals surface area contributed by atoms with E-state index in [9.17, 15) is 0 Å². The smallest absolute Gasteiger partial charge is 0.0800 e. The normalized spacial score (nSPS) is 18.1. The summed E-state index contributed by atoms with van der Waals surface area (Å²) in [6.07, 6.45) is 10.7. The third-order valence-corrected chi connectivity index (χ3v) is 3.30. The van der Waals surface area contributed by atoms with Gasteiger partial charge in [-0.2, -0.15) is 0 Å². The van der Waals surface area contributed by atoms with Crippen molar-refractivity contribution in [2.24, 2.45) is 0 Å². The summed E-state index contributed by atoms with van der Waals surface area (Å²) in [4.78, 5) is 0. The lowest BCUT2D eigenvalue weighted by Gasteiger charge is -2.05. The maximum atomic E-state index is 4.16. The van der Waals surface area contributed by atoms with Gasteiger partial charge in [0.15, 0.2) is 0 Å². The average Bonchev–Trinajstić information content (AvgIpc) is 2.78. The fraction of sp³-hybridized carbons (Fsp3) is 0.250. The molecule has 0 unspecified atom stereocenters. The van der Waals surface area contributed by atoms with Gasteiger partial charge in [0.25, 0.3) is 0 Å². The summed E-state index contributed by atoms with van der Waals surface area (Å²) in [6, 6.07) is 6.56. The average molecular weight is 251 g/mol. The van der Waals surface area contributed by atoms with Crippen LogP contribution in [0.5, 0.6) is 0 Å². The molecule has 0 saturated heterocycles. The van der Waals surface area contributed by atoms with Crippen molar-refractivity contribution in [1.82, 2.24) is 15.0 Å². The van der Waals surface area contributed by atoms with Crippen molar-refractivity contribution in [3.05, 3.63) is 52.2 Å². The second-order valence-electron chi connectivity index (χ2n) is 4.99. The lowest BCUT2D eigenvalue weighted by atomic mass is 10.1. The van der Waals surface area contributed by atoms with Crippen LogP contribution in [0.15, 0.2) is 30.5 Å². The molecule has 0 spiro atoms. The van der Waals surface area contributed by atoms with Crippen LogP contribution in [-0.2, 0) is 0 Å². The van der Waals surface area contributed by atoms with Crippen molar-refractivity contribution < 1.29 is 0 Å². The van der Waals surface area contributed by atoms with Gasteiger partial charge in [-0.3, -0.25) is 0 Å².